The molecule has 0 aromatic heterocycles. The molecule has 1 fully saturated rings. The highest BCUT2D eigenvalue weighted by Crippen LogP contribution is 2.44. The topological polar surface area (TPSA) is 92.8 Å². The Balaban J connectivity index is 1.97. The van der Waals surface area contributed by atoms with E-state index in [1.165, 1.54) is 42.7 Å². The third-order valence-corrected chi connectivity index (χ3v) is 6.24. The Kier molecular flexibility index (Phi) is 8.10. The van der Waals surface area contributed by atoms with Gasteiger partial charge in [-0.1, -0.05) is 18.2 Å². The van der Waals surface area contributed by atoms with Gasteiger partial charge in [0.2, 0.25) is 11.5 Å². The second-order valence-corrected chi connectivity index (χ2v) is 8.24. The lowest BCUT2D eigenvalue weighted by molar-refractivity contribution is -0.119. The van der Waals surface area contributed by atoms with E-state index in [1.807, 2.05) is 6.07 Å². The van der Waals surface area contributed by atoms with Gasteiger partial charge in [0, 0.05) is 11.1 Å². The first-order valence-electron chi connectivity index (χ1n) is 11.9. The van der Waals surface area contributed by atoms with E-state index < -0.39 is 11.8 Å². The number of imide groups is 1. The quantitative estimate of drug-likeness (QED) is 0.288. The van der Waals surface area contributed by atoms with E-state index in [0.29, 0.717) is 51.3 Å². The molecule has 3 aromatic rings. The number of carbonyl (C=O) groups is 2. The molecule has 0 spiro atoms. The van der Waals surface area contributed by atoms with Gasteiger partial charge in [-0.05, 0) is 48.6 Å². The molecule has 0 aliphatic carbocycles. The van der Waals surface area contributed by atoms with Crippen molar-refractivity contribution in [2.45, 2.75) is 0 Å². The molecule has 0 N–H and O–H groups in total. The minimum absolute atomic E-state index is 0.159. The fraction of sp³-hybridized carbons (Fsp3) is 0.200. The third-order valence-electron chi connectivity index (χ3n) is 6.24. The van der Waals surface area contributed by atoms with Crippen molar-refractivity contribution in [2.75, 3.05) is 47.6 Å². The first-order valence-corrected chi connectivity index (χ1v) is 11.9. The van der Waals surface area contributed by atoms with Gasteiger partial charge in [-0.15, -0.1) is 0 Å². The number of nitrogens with zero attached hydrogens (tertiary/aromatic N) is 1. The fourth-order valence-corrected chi connectivity index (χ4v) is 4.44. The molecule has 9 heteroatoms. The van der Waals surface area contributed by atoms with Gasteiger partial charge in [-0.3, -0.25) is 9.59 Å². The Morgan fingerprint density at radius 3 is 1.28 bits per heavy atom. The molecule has 2 amide bonds. The van der Waals surface area contributed by atoms with E-state index in [2.05, 4.69) is 0 Å². The fourth-order valence-electron chi connectivity index (χ4n) is 4.44. The Hall–Kier alpha value is -4.92. The first-order chi connectivity index (χ1) is 18.9. The van der Waals surface area contributed by atoms with Crippen LogP contribution in [0.2, 0.25) is 0 Å². The summed E-state index contributed by atoms with van der Waals surface area (Å²) in [4.78, 5) is 28.7. The highest BCUT2D eigenvalue weighted by Gasteiger charge is 2.40. The van der Waals surface area contributed by atoms with Crippen LogP contribution in [0.4, 0.5) is 5.69 Å². The molecule has 1 aliphatic rings. The van der Waals surface area contributed by atoms with Crippen molar-refractivity contribution in [2.24, 2.45) is 0 Å². The van der Waals surface area contributed by atoms with Crippen molar-refractivity contribution in [3.05, 3.63) is 76.9 Å². The molecule has 202 valence electrons. The lowest BCUT2D eigenvalue weighted by Gasteiger charge is -2.15. The maximum absolute atomic E-state index is 13.8. The number of methoxy groups -OCH3 is 6. The van der Waals surface area contributed by atoms with Crippen LogP contribution < -0.4 is 33.3 Å². The molecular formula is C30H29NO8. The summed E-state index contributed by atoms with van der Waals surface area (Å²) in [7, 11) is 9.00. The Morgan fingerprint density at radius 1 is 0.513 bits per heavy atom. The zero-order chi connectivity index (χ0) is 28.1. The van der Waals surface area contributed by atoms with Gasteiger partial charge in [0.25, 0.3) is 11.8 Å². The lowest BCUT2D eigenvalue weighted by Crippen LogP contribution is -2.29. The molecule has 0 unspecified atom stereocenters. The monoisotopic (exact) mass is 531 g/mol. The Morgan fingerprint density at radius 2 is 0.923 bits per heavy atom. The molecule has 0 atom stereocenters. The molecule has 4 rings (SSSR count). The smallest absolute Gasteiger partial charge is 0.266 e. The van der Waals surface area contributed by atoms with Crippen LogP contribution in [0.3, 0.4) is 0 Å². The van der Waals surface area contributed by atoms with Crippen LogP contribution in [-0.4, -0.2) is 54.5 Å². The molecule has 0 saturated carbocycles. The van der Waals surface area contributed by atoms with Gasteiger partial charge >= 0.3 is 0 Å². The first kappa shape index (κ1) is 27.1. The van der Waals surface area contributed by atoms with E-state index in [1.54, 1.807) is 60.7 Å². The van der Waals surface area contributed by atoms with Crippen LogP contribution in [0.5, 0.6) is 34.5 Å². The molecule has 1 heterocycles. The predicted octanol–water partition coefficient (Wildman–Crippen LogP) is 4.78. The highest BCUT2D eigenvalue weighted by molar-refractivity contribution is 6.39. The number of ether oxygens (including phenoxy) is 6. The normalized spacial score (nSPS) is 15.1. The molecule has 1 saturated heterocycles. The highest BCUT2D eigenvalue weighted by atomic mass is 16.5. The second kappa shape index (κ2) is 11.6. The number of benzene rings is 3. The van der Waals surface area contributed by atoms with Crippen molar-refractivity contribution >= 4 is 29.7 Å². The van der Waals surface area contributed by atoms with Crippen molar-refractivity contribution in [3.63, 3.8) is 0 Å². The van der Waals surface area contributed by atoms with Crippen LogP contribution in [0, 0.1) is 0 Å². The molecule has 9 nitrogen and oxygen atoms in total. The van der Waals surface area contributed by atoms with Gasteiger partial charge in [-0.2, -0.15) is 0 Å². The average Bonchev–Trinajstić information content (AvgIpc) is 3.20. The van der Waals surface area contributed by atoms with Crippen molar-refractivity contribution in [1.29, 1.82) is 0 Å². The van der Waals surface area contributed by atoms with E-state index in [-0.39, 0.29) is 11.1 Å². The van der Waals surface area contributed by atoms with Gasteiger partial charge in [-0.25, -0.2) is 4.90 Å². The maximum Gasteiger partial charge on any atom is 0.266 e. The summed E-state index contributed by atoms with van der Waals surface area (Å²) in [5, 5.41) is 0. The van der Waals surface area contributed by atoms with E-state index >= 15 is 0 Å². The number of rotatable bonds is 9. The van der Waals surface area contributed by atoms with Gasteiger partial charge < -0.3 is 28.4 Å². The number of para-hydroxylation sites is 1. The third kappa shape index (κ3) is 4.86. The summed E-state index contributed by atoms with van der Waals surface area (Å²) in [6.07, 6.45) is 3.20. The summed E-state index contributed by atoms with van der Waals surface area (Å²) in [6.45, 7) is 0. The zero-order valence-corrected chi connectivity index (χ0v) is 22.6. The van der Waals surface area contributed by atoms with Crippen LogP contribution in [0.1, 0.15) is 11.1 Å². The number of anilines is 1. The molecule has 0 radical (unpaired) electrons. The molecule has 1 aliphatic heterocycles. The molecule has 0 bridgehead atoms. The van der Waals surface area contributed by atoms with E-state index in [4.69, 9.17) is 28.4 Å². The van der Waals surface area contributed by atoms with Crippen LogP contribution in [0.25, 0.3) is 12.2 Å². The summed E-state index contributed by atoms with van der Waals surface area (Å²) >= 11 is 0. The number of hydrogen-bond donors (Lipinski definition) is 0. The Labute approximate surface area is 226 Å². The van der Waals surface area contributed by atoms with E-state index in [0.717, 1.165) is 4.90 Å². The van der Waals surface area contributed by atoms with Gasteiger partial charge in [0.05, 0.1) is 59.5 Å². The molecule has 39 heavy (non-hydrogen) atoms. The number of carbonyl (C=O) groups excluding carboxylic acids is 2. The van der Waals surface area contributed by atoms with Crippen molar-refractivity contribution < 1.29 is 38.0 Å². The number of amides is 2. The Bertz CT molecular complexity index is 1370. The largest absolute Gasteiger partial charge is 0.493 e. The van der Waals surface area contributed by atoms with Crippen LogP contribution in [-0.2, 0) is 9.59 Å². The average molecular weight is 532 g/mol. The van der Waals surface area contributed by atoms with Gasteiger partial charge in [0.15, 0.2) is 23.0 Å². The van der Waals surface area contributed by atoms with Crippen molar-refractivity contribution in [3.8, 4) is 34.5 Å². The van der Waals surface area contributed by atoms with Gasteiger partial charge in [0.1, 0.15) is 0 Å². The molecule has 3 aromatic carbocycles. The minimum atomic E-state index is -0.492. The lowest BCUT2D eigenvalue weighted by atomic mass is 10.0. The van der Waals surface area contributed by atoms with E-state index in [9.17, 15) is 9.59 Å². The van der Waals surface area contributed by atoms with Crippen LogP contribution >= 0.6 is 0 Å². The molecular weight excluding hydrogens is 502 g/mol. The summed E-state index contributed by atoms with van der Waals surface area (Å²) in [5.74, 6) is 1.36. The maximum atomic E-state index is 13.8. The summed E-state index contributed by atoms with van der Waals surface area (Å²) in [6, 6.07) is 15.6. The summed E-state index contributed by atoms with van der Waals surface area (Å²) in [5.41, 5.74) is 1.80. The van der Waals surface area contributed by atoms with Crippen molar-refractivity contribution in [1.82, 2.24) is 0 Å². The zero-order valence-electron chi connectivity index (χ0n) is 22.6. The number of hydrogen-bond acceptors (Lipinski definition) is 8. The second-order valence-electron chi connectivity index (χ2n) is 8.24. The summed E-state index contributed by atoms with van der Waals surface area (Å²) < 4.78 is 33.0. The SMILES string of the molecule is COc1ccc(/C=C2\C(=O)N(c3ccccc3)C(=O)\C2=C/c2ccc(OC)c(OC)c2OC)c(OC)c1OC. The standard InChI is InChI=1S/C30H29NO8/c1-34-23-14-12-18(25(36-3)27(23)38-5)16-21-22(30(33)31(29(21)32)20-10-8-7-9-11-20)17-19-13-15-24(35-2)28(39-6)26(19)37-4/h7-17H,1-6H3/b21-16-,22-17-. The minimum Gasteiger partial charge on any atom is -0.493 e. The predicted molar refractivity (Wildman–Crippen MR) is 147 cm³/mol. The van der Waals surface area contributed by atoms with Crippen LogP contribution in [0.15, 0.2) is 65.7 Å².